The van der Waals surface area contributed by atoms with Gasteiger partial charge in [-0.1, -0.05) is 13.8 Å². The summed E-state index contributed by atoms with van der Waals surface area (Å²) in [5.41, 5.74) is 1.59. The Kier molecular flexibility index (Phi) is 4.48. The molecule has 0 radical (unpaired) electrons. The highest BCUT2D eigenvalue weighted by Gasteiger charge is 2.31. The second-order valence-electron chi connectivity index (χ2n) is 6.11. The second-order valence-corrected chi connectivity index (χ2v) is 6.11. The summed E-state index contributed by atoms with van der Waals surface area (Å²) in [6.07, 6.45) is 2.27. The fourth-order valence-electron chi connectivity index (χ4n) is 2.86. The van der Waals surface area contributed by atoms with E-state index in [9.17, 15) is 9.90 Å². The molecule has 1 aromatic heterocycles. The zero-order valence-corrected chi connectivity index (χ0v) is 12.8. The van der Waals surface area contributed by atoms with Crippen molar-refractivity contribution in [3.63, 3.8) is 0 Å². The number of amides is 1. The van der Waals surface area contributed by atoms with Gasteiger partial charge in [-0.15, -0.1) is 0 Å². The third-order valence-electron chi connectivity index (χ3n) is 3.96. The Labute approximate surface area is 120 Å². The predicted molar refractivity (Wildman–Crippen MR) is 77.7 cm³/mol. The Morgan fingerprint density at radius 1 is 1.50 bits per heavy atom. The Bertz CT molecular complexity index is 479. The van der Waals surface area contributed by atoms with E-state index in [0.717, 1.165) is 25.1 Å². The first kappa shape index (κ1) is 15.0. The Morgan fingerprint density at radius 2 is 2.20 bits per heavy atom. The van der Waals surface area contributed by atoms with Crippen molar-refractivity contribution in [1.82, 2.24) is 14.7 Å². The van der Waals surface area contributed by atoms with Crippen LogP contribution in [0.1, 0.15) is 62.1 Å². The van der Waals surface area contributed by atoms with Crippen molar-refractivity contribution in [1.29, 1.82) is 0 Å². The number of hydrogen-bond acceptors (Lipinski definition) is 3. The van der Waals surface area contributed by atoms with Crippen molar-refractivity contribution in [2.24, 2.45) is 7.05 Å². The standard InChI is InChI=1S/C15H25N3O2/c1-10(2)13-9-14(17(4)16-13)15(20)18-7-5-6-12(18)8-11(3)19/h9-12,19H,5-8H2,1-4H3. The smallest absolute Gasteiger partial charge is 0.272 e. The van der Waals surface area contributed by atoms with Crippen LogP contribution in [0.4, 0.5) is 0 Å². The summed E-state index contributed by atoms with van der Waals surface area (Å²) in [5.74, 6) is 0.352. The van der Waals surface area contributed by atoms with E-state index in [-0.39, 0.29) is 18.1 Å². The third-order valence-corrected chi connectivity index (χ3v) is 3.96. The molecule has 0 aromatic carbocycles. The summed E-state index contributed by atoms with van der Waals surface area (Å²) in [6, 6.07) is 2.05. The average molecular weight is 279 g/mol. The molecule has 2 heterocycles. The largest absolute Gasteiger partial charge is 0.393 e. The maximum absolute atomic E-state index is 12.7. The topological polar surface area (TPSA) is 58.4 Å². The maximum Gasteiger partial charge on any atom is 0.272 e. The molecule has 2 rings (SSSR count). The molecular weight excluding hydrogens is 254 g/mol. The molecule has 0 aliphatic carbocycles. The SMILES string of the molecule is CC(O)CC1CCCN1C(=O)c1cc(C(C)C)nn1C. The average Bonchev–Trinajstić information content (AvgIpc) is 2.94. The molecule has 1 saturated heterocycles. The van der Waals surface area contributed by atoms with Gasteiger partial charge in [0.25, 0.3) is 5.91 Å². The van der Waals surface area contributed by atoms with E-state index in [4.69, 9.17) is 0 Å². The van der Waals surface area contributed by atoms with Crippen LogP contribution < -0.4 is 0 Å². The molecule has 5 nitrogen and oxygen atoms in total. The highest BCUT2D eigenvalue weighted by Crippen LogP contribution is 2.24. The van der Waals surface area contributed by atoms with Crippen LogP contribution in [0.25, 0.3) is 0 Å². The van der Waals surface area contributed by atoms with Crippen LogP contribution >= 0.6 is 0 Å². The van der Waals surface area contributed by atoms with E-state index < -0.39 is 0 Å². The highest BCUT2D eigenvalue weighted by molar-refractivity contribution is 5.93. The molecule has 2 atom stereocenters. The van der Waals surface area contributed by atoms with Gasteiger partial charge in [0, 0.05) is 19.6 Å². The van der Waals surface area contributed by atoms with Crippen LogP contribution in [-0.2, 0) is 7.05 Å². The molecule has 0 spiro atoms. The van der Waals surface area contributed by atoms with E-state index in [1.54, 1.807) is 11.6 Å². The van der Waals surface area contributed by atoms with Crippen molar-refractivity contribution < 1.29 is 9.90 Å². The van der Waals surface area contributed by atoms with Gasteiger partial charge in [-0.25, -0.2) is 0 Å². The van der Waals surface area contributed by atoms with Crippen molar-refractivity contribution in [2.45, 2.75) is 58.1 Å². The van der Waals surface area contributed by atoms with E-state index in [1.807, 2.05) is 18.0 Å². The van der Waals surface area contributed by atoms with Gasteiger partial charge < -0.3 is 10.0 Å². The summed E-state index contributed by atoms with van der Waals surface area (Å²) in [6.45, 7) is 6.70. The normalized spacial score (nSPS) is 20.7. The first-order chi connectivity index (χ1) is 9.40. The number of hydrogen-bond donors (Lipinski definition) is 1. The minimum atomic E-state index is -0.369. The minimum absolute atomic E-state index is 0.0371. The molecule has 112 valence electrons. The molecule has 1 fully saturated rings. The molecule has 5 heteroatoms. The van der Waals surface area contributed by atoms with Gasteiger partial charge in [0.05, 0.1) is 11.8 Å². The van der Waals surface area contributed by atoms with Crippen molar-refractivity contribution >= 4 is 5.91 Å². The van der Waals surface area contributed by atoms with Crippen LogP contribution in [0.3, 0.4) is 0 Å². The Morgan fingerprint density at radius 3 is 2.75 bits per heavy atom. The molecule has 20 heavy (non-hydrogen) atoms. The van der Waals surface area contributed by atoms with E-state index in [0.29, 0.717) is 18.0 Å². The first-order valence-corrected chi connectivity index (χ1v) is 7.43. The molecular formula is C15H25N3O2. The summed E-state index contributed by atoms with van der Waals surface area (Å²) >= 11 is 0. The van der Waals surface area contributed by atoms with Gasteiger partial charge in [0.2, 0.25) is 0 Å². The zero-order valence-electron chi connectivity index (χ0n) is 12.8. The first-order valence-electron chi connectivity index (χ1n) is 7.43. The number of aryl methyl sites for hydroxylation is 1. The third kappa shape index (κ3) is 3.03. The summed E-state index contributed by atoms with van der Waals surface area (Å²) in [4.78, 5) is 14.6. The zero-order chi connectivity index (χ0) is 14.9. The number of likely N-dealkylation sites (tertiary alicyclic amines) is 1. The molecule has 1 aromatic rings. The van der Waals surface area contributed by atoms with Crippen LogP contribution in [0, 0.1) is 0 Å². The second kappa shape index (κ2) is 5.95. The van der Waals surface area contributed by atoms with Crippen LogP contribution in [0.2, 0.25) is 0 Å². The van der Waals surface area contributed by atoms with Crippen molar-refractivity contribution in [3.8, 4) is 0 Å². The monoisotopic (exact) mass is 279 g/mol. The van der Waals surface area contributed by atoms with Crippen molar-refractivity contribution in [2.75, 3.05) is 6.54 Å². The quantitative estimate of drug-likeness (QED) is 0.916. The van der Waals surface area contributed by atoms with Gasteiger partial charge >= 0.3 is 0 Å². The van der Waals surface area contributed by atoms with Gasteiger partial charge in [-0.2, -0.15) is 5.10 Å². The van der Waals surface area contributed by atoms with E-state index in [2.05, 4.69) is 18.9 Å². The van der Waals surface area contributed by atoms with E-state index in [1.165, 1.54) is 0 Å². The van der Waals surface area contributed by atoms with Crippen LogP contribution in [-0.4, -0.2) is 44.4 Å². The van der Waals surface area contributed by atoms with Gasteiger partial charge in [0.15, 0.2) is 0 Å². The lowest BCUT2D eigenvalue weighted by molar-refractivity contribution is 0.0671. The highest BCUT2D eigenvalue weighted by atomic mass is 16.3. The lowest BCUT2D eigenvalue weighted by atomic mass is 10.1. The summed E-state index contributed by atoms with van der Waals surface area (Å²) < 4.78 is 1.68. The number of aromatic nitrogens is 2. The molecule has 1 aliphatic rings. The Hall–Kier alpha value is -1.36. The fraction of sp³-hybridized carbons (Fsp3) is 0.733. The summed E-state index contributed by atoms with van der Waals surface area (Å²) in [7, 11) is 1.82. The fourth-order valence-corrected chi connectivity index (χ4v) is 2.86. The maximum atomic E-state index is 12.7. The molecule has 0 bridgehead atoms. The number of carbonyl (C=O) groups is 1. The number of rotatable bonds is 4. The molecule has 1 N–H and O–H groups in total. The molecule has 1 amide bonds. The predicted octanol–water partition coefficient (Wildman–Crippen LogP) is 1.92. The van der Waals surface area contributed by atoms with Crippen LogP contribution in [0.15, 0.2) is 6.07 Å². The lowest BCUT2D eigenvalue weighted by Crippen LogP contribution is -2.38. The molecule has 0 saturated carbocycles. The number of aliphatic hydroxyl groups is 1. The molecule has 1 aliphatic heterocycles. The Balaban J connectivity index is 2.18. The van der Waals surface area contributed by atoms with Crippen molar-refractivity contribution in [3.05, 3.63) is 17.5 Å². The van der Waals surface area contributed by atoms with Crippen LogP contribution in [0.5, 0.6) is 0 Å². The lowest BCUT2D eigenvalue weighted by Gasteiger charge is -2.25. The summed E-state index contributed by atoms with van der Waals surface area (Å²) in [5, 5.41) is 14.0. The van der Waals surface area contributed by atoms with Gasteiger partial charge in [-0.05, 0) is 38.2 Å². The van der Waals surface area contributed by atoms with E-state index >= 15 is 0 Å². The van der Waals surface area contributed by atoms with Gasteiger partial charge in [-0.3, -0.25) is 9.48 Å². The molecule has 2 unspecified atom stereocenters. The minimum Gasteiger partial charge on any atom is -0.393 e. The number of nitrogens with zero attached hydrogens (tertiary/aromatic N) is 3. The van der Waals surface area contributed by atoms with Gasteiger partial charge in [0.1, 0.15) is 5.69 Å². The number of aliphatic hydroxyl groups excluding tert-OH is 1. The number of carbonyl (C=O) groups excluding carboxylic acids is 1.